The van der Waals surface area contributed by atoms with Crippen LogP contribution in [0.25, 0.3) is 0 Å². The summed E-state index contributed by atoms with van der Waals surface area (Å²) in [5, 5.41) is 3.73. The van der Waals surface area contributed by atoms with Gasteiger partial charge in [-0.05, 0) is 49.5 Å². The fourth-order valence-electron chi connectivity index (χ4n) is 3.48. The fraction of sp³-hybridized carbons (Fsp3) is 1.00. The van der Waals surface area contributed by atoms with Crippen LogP contribution in [-0.2, 0) is 0 Å². The number of fused-ring (bicyclic) bond motifs is 1. The summed E-state index contributed by atoms with van der Waals surface area (Å²) in [7, 11) is 0. The lowest BCUT2D eigenvalue weighted by Crippen LogP contribution is -2.52. The van der Waals surface area contributed by atoms with Crippen LogP contribution in [0, 0.1) is 23.7 Å². The molecule has 0 radical (unpaired) electrons. The molecule has 0 spiro atoms. The molecule has 0 aromatic rings. The van der Waals surface area contributed by atoms with Crippen LogP contribution < -0.4 is 5.32 Å². The third kappa shape index (κ3) is 1.63. The Hall–Kier alpha value is -0.0400. The van der Waals surface area contributed by atoms with Gasteiger partial charge in [0.05, 0.1) is 0 Å². The SMILES string of the molecule is CC1CC(C)C2CCCNC2C1C. The van der Waals surface area contributed by atoms with E-state index < -0.39 is 0 Å². The van der Waals surface area contributed by atoms with Crippen LogP contribution in [-0.4, -0.2) is 12.6 Å². The zero-order valence-corrected chi connectivity index (χ0v) is 9.22. The molecular formula is C12H23N. The number of hydrogen-bond donors (Lipinski definition) is 1. The third-order valence-corrected chi connectivity index (χ3v) is 4.49. The molecule has 1 saturated heterocycles. The van der Waals surface area contributed by atoms with Crippen molar-refractivity contribution < 1.29 is 0 Å². The summed E-state index contributed by atoms with van der Waals surface area (Å²) >= 11 is 0. The van der Waals surface area contributed by atoms with Crippen LogP contribution in [0.3, 0.4) is 0 Å². The van der Waals surface area contributed by atoms with Crippen molar-refractivity contribution in [3.63, 3.8) is 0 Å². The lowest BCUT2D eigenvalue weighted by molar-refractivity contribution is 0.0650. The molecule has 1 aliphatic carbocycles. The molecule has 2 rings (SSSR count). The van der Waals surface area contributed by atoms with Crippen molar-refractivity contribution >= 4 is 0 Å². The first-order valence-electron chi connectivity index (χ1n) is 5.93. The molecule has 5 unspecified atom stereocenters. The smallest absolute Gasteiger partial charge is 0.0126 e. The van der Waals surface area contributed by atoms with Gasteiger partial charge in [0.2, 0.25) is 0 Å². The third-order valence-electron chi connectivity index (χ3n) is 4.49. The Kier molecular flexibility index (Phi) is 2.64. The Bertz CT molecular complexity index is 178. The number of piperidine rings is 1. The van der Waals surface area contributed by atoms with Crippen molar-refractivity contribution in [3.05, 3.63) is 0 Å². The Balaban J connectivity index is 2.10. The Morgan fingerprint density at radius 3 is 2.62 bits per heavy atom. The maximum Gasteiger partial charge on any atom is 0.0126 e. The molecule has 5 atom stereocenters. The molecular weight excluding hydrogens is 158 g/mol. The maximum absolute atomic E-state index is 3.73. The molecule has 76 valence electrons. The largest absolute Gasteiger partial charge is 0.313 e. The summed E-state index contributed by atoms with van der Waals surface area (Å²) in [5.74, 6) is 3.73. The topological polar surface area (TPSA) is 12.0 Å². The first-order valence-corrected chi connectivity index (χ1v) is 5.93. The monoisotopic (exact) mass is 181 g/mol. The average Bonchev–Trinajstić information content (AvgIpc) is 2.15. The van der Waals surface area contributed by atoms with Crippen molar-refractivity contribution in [1.29, 1.82) is 0 Å². The van der Waals surface area contributed by atoms with Gasteiger partial charge in [-0.2, -0.15) is 0 Å². The highest BCUT2D eigenvalue weighted by atomic mass is 14.9. The van der Waals surface area contributed by atoms with E-state index in [0.29, 0.717) is 0 Å². The number of hydrogen-bond acceptors (Lipinski definition) is 1. The van der Waals surface area contributed by atoms with E-state index in [2.05, 4.69) is 26.1 Å². The summed E-state index contributed by atoms with van der Waals surface area (Å²) in [4.78, 5) is 0. The van der Waals surface area contributed by atoms with Crippen molar-refractivity contribution in [2.45, 2.75) is 46.1 Å². The second-order valence-electron chi connectivity index (χ2n) is 5.34. The van der Waals surface area contributed by atoms with E-state index in [4.69, 9.17) is 0 Å². The van der Waals surface area contributed by atoms with Crippen LogP contribution >= 0.6 is 0 Å². The number of nitrogens with one attached hydrogen (secondary N) is 1. The van der Waals surface area contributed by atoms with Crippen molar-refractivity contribution in [3.8, 4) is 0 Å². The van der Waals surface area contributed by atoms with Gasteiger partial charge in [0.1, 0.15) is 0 Å². The normalized spacial score (nSPS) is 51.5. The van der Waals surface area contributed by atoms with Gasteiger partial charge in [0.15, 0.2) is 0 Å². The first kappa shape index (κ1) is 9.51. The van der Waals surface area contributed by atoms with E-state index in [1.54, 1.807) is 0 Å². The van der Waals surface area contributed by atoms with Crippen molar-refractivity contribution in [2.75, 3.05) is 6.54 Å². The van der Waals surface area contributed by atoms with Crippen LogP contribution in [0.15, 0.2) is 0 Å². The van der Waals surface area contributed by atoms with Crippen LogP contribution in [0.5, 0.6) is 0 Å². The first-order chi connectivity index (χ1) is 6.20. The highest BCUT2D eigenvalue weighted by Crippen LogP contribution is 2.41. The molecule has 1 heteroatoms. The molecule has 0 bridgehead atoms. The second kappa shape index (κ2) is 3.61. The number of rotatable bonds is 0. The van der Waals surface area contributed by atoms with Gasteiger partial charge in [0.25, 0.3) is 0 Å². The van der Waals surface area contributed by atoms with E-state index in [0.717, 1.165) is 29.7 Å². The maximum atomic E-state index is 3.73. The summed E-state index contributed by atoms with van der Waals surface area (Å²) in [6.07, 6.45) is 4.31. The van der Waals surface area contributed by atoms with Gasteiger partial charge in [-0.15, -0.1) is 0 Å². The standard InChI is InChI=1S/C12H23N/c1-8-7-9(2)11-5-4-6-13-12(11)10(8)3/h8-13H,4-7H2,1-3H3. The fourth-order valence-corrected chi connectivity index (χ4v) is 3.48. The predicted octanol–water partition coefficient (Wildman–Crippen LogP) is 2.67. The van der Waals surface area contributed by atoms with Gasteiger partial charge in [-0.3, -0.25) is 0 Å². The van der Waals surface area contributed by atoms with E-state index in [-0.39, 0.29) is 0 Å². The van der Waals surface area contributed by atoms with Gasteiger partial charge in [0, 0.05) is 6.04 Å². The molecule has 2 fully saturated rings. The minimum absolute atomic E-state index is 0.826. The van der Waals surface area contributed by atoms with Gasteiger partial charge < -0.3 is 5.32 Å². The Labute approximate surface area is 82.3 Å². The van der Waals surface area contributed by atoms with E-state index in [9.17, 15) is 0 Å². The predicted molar refractivity (Wildman–Crippen MR) is 56.6 cm³/mol. The van der Waals surface area contributed by atoms with Gasteiger partial charge >= 0.3 is 0 Å². The molecule has 1 heterocycles. The van der Waals surface area contributed by atoms with Gasteiger partial charge in [-0.25, -0.2) is 0 Å². The van der Waals surface area contributed by atoms with E-state index in [1.807, 2.05) is 0 Å². The molecule has 0 amide bonds. The van der Waals surface area contributed by atoms with Crippen molar-refractivity contribution in [1.82, 2.24) is 5.32 Å². The van der Waals surface area contributed by atoms with Gasteiger partial charge in [-0.1, -0.05) is 20.8 Å². The van der Waals surface area contributed by atoms with Crippen LogP contribution in [0.2, 0.25) is 0 Å². The quantitative estimate of drug-likeness (QED) is 0.606. The lowest BCUT2D eigenvalue weighted by atomic mass is 9.64. The highest BCUT2D eigenvalue weighted by molar-refractivity contribution is 4.93. The highest BCUT2D eigenvalue weighted by Gasteiger charge is 2.39. The van der Waals surface area contributed by atoms with Crippen LogP contribution in [0.4, 0.5) is 0 Å². The molecule has 0 aromatic carbocycles. The summed E-state index contributed by atoms with van der Waals surface area (Å²) in [5.41, 5.74) is 0. The minimum atomic E-state index is 0.826. The summed E-state index contributed by atoms with van der Waals surface area (Å²) < 4.78 is 0. The summed E-state index contributed by atoms with van der Waals surface area (Å²) in [6, 6.07) is 0.826. The molecule has 0 aromatic heterocycles. The molecule has 1 saturated carbocycles. The average molecular weight is 181 g/mol. The molecule has 2 aliphatic rings. The zero-order valence-electron chi connectivity index (χ0n) is 9.22. The lowest BCUT2D eigenvalue weighted by Gasteiger charge is -2.47. The van der Waals surface area contributed by atoms with E-state index in [1.165, 1.54) is 25.8 Å². The second-order valence-corrected chi connectivity index (χ2v) is 5.34. The summed E-state index contributed by atoms with van der Waals surface area (Å²) in [6.45, 7) is 8.57. The Morgan fingerprint density at radius 1 is 1.08 bits per heavy atom. The van der Waals surface area contributed by atoms with Crippen LogP contribution in [0.1, 0.15) is 40.0 Å². The molecule has 13 heavy (non-hydrogen) atoms. The molecule has 1 nitrogen and oxygen atoms in total. The molecule has 1 aliphatic heterocycles. The van der Waals surface area contributed by atoms with Crippen molar-refractivity contribution in [2.24, 2.45) is 23.7 Å². The minimum Gasteiger partial charge on any atom is -0.313 e. The molecule has 1 N–H and O–H groups in total. The van der Waals surface area contributed by atoms with E-state index >= 15 is 0 Å². The Morgan fingerprint density at radius 2 is 1.85 bits per heavy atom. The zero-order chi connectivity index (χ0) is 9.42.